The molecule has 3 rings (SSSR count). The number of hydrazone groups is 1. The number of allylic oxidation sites excluding steroid dienone is 2. The maximum atomic E-state index is 4.72. The average Bonchev–Trinajstić information content (AvgIpc) is 2.71. The van der Waals surface area contributed by atoms with Crippen molar-refractivity contribution in [3.63, 3.8) is 0 Å². The molecule has 0 saturated carbocycles. The Bertz CT molecular complexity index is 696. The maximum Gasteiger partial charge on any atom is 0.198 e. The average molecular weight is 278 g/mol. The molecule has 1 aromatic heterocycles. The molecule has 21 heavy (non-hydrogen) atoms. The molecular weight excluding hydrogens is 260 g/mol. The fourth-order valence-electron chi connectivity index (χ4n) is 2.15. The van der Waals surface area contributed by atoms with Crippen LogP contribution in [0.25, 0.3) is 5.70 Å². The molecule has 0 aliphatic carbocycles. The number of hydrogen-bond donors (Lipinski definition) is 0. The van der Waals surface area contributed by atoms with Crippen LogP contribution in [0.5, 0.6) is 0 Å². The number of hydrogen-bond acceptors (Lipinski definition) is 4. The van der Waals surface area contributed by atoms with Gasteiger partial charge in [-0.2, -0.15) is 5.10 Å². The molecule has 4 nitrogen and oxygen atoms in total. The summed E-state index contributed by atoms with van der Waals surface area (Å²) in [5.74, 6) is 0.739. The molecule has 3 heterocycles. The zero-order chi connectivity index (χ0) is 14.9. The summed E-state index contributed by atoms with van der Waals surface area (Å²) in [5, 5.41) is 6.34. The summed E-state index contributed by atoms with van der Waals surface area (Å²) in [6, 6.07) is 3.97. The third-order valence-corrected chi connectivity index (χ3v) is 3.32. The van der Waals surface area contributed by atoms with Crippen LogP contribution in [0.1, 0.15) is 32.8 Å². The summed E-state index contributed by atoms with van der Waals surface area (Å²) >= 11 is 0. The first kappa shape index (κ1) is 13.5. The number of aliphatic imine (C=N–C) groups is 1. The molecule has 0 amide bonds. The van der Waals surface area contributed by atoms with E-state index in [0.717, 1.165) is 29.2 Å². The molecule has 0 N–H and O–H groups in total. The second-order valence-corrected chi connectivity index (χ2v) is 6.03. The highest BCUT2D eigenvalue weighted by molar-refractivity contribution is 6.05. The first-order valence-electron chi connectivity index (χ1n) is 7.05. The van der Waals surface area contributed by atoms with Crippen molar-refractivity contribution < 1.29 is 0 Å². The normalized spacial score (nSPS) is 17.7. The van der Waals surface area contributed by atoms with Gasteiger partial charge in [0.15, 0.2) is 5.82 Å². The van der Waals surface area contributed by atoms with Crippen molar-refractivity contribution in [1.82, 2.24) is 9.99 Å². The summed E-state index contributed by atoms with van der Waals surface area (Å²) < 4.78 is 0. The van der Waals surface area contributed by atoms with Gasteiger partial charge >= 0.3 is 0 Å². The van der Waals surface area contributed by atoms with Crippen LogP contribution in [-0.2, 0) is 0 Å². The molecule has 2 aliphatic heterocycles. The van der Waals surface area contributed by atoms with Crippen LogP contribution in [0.2, 0.25) is 0 Å². The Balaban J connectivity index is 2.18. The Morgan fingerprint density at radius 1 is 1.19 bits per heavy atom. The van der Waals surface area contributed by atoms with Gasteiger partial charge in [-0.25, -0.2) is 10.0 Å². The lowest BCUT2D eigenvalue weighted by Crippen LogP contribution is -2.27. The number of nitrogens with zero attached hydrogens (tertiary/aromatic N) is 4. The number of aromatic nitrogens is 1. The van der Waals surface area contributed by atoms with E-state index >= 15 is 0 Å². The van der Waals surface area contributed by atoms with Gasteiger partial charge in [0.2, 0.25) is 0 Å². The molecular formula is C17H18N4. The summed E-state index contributed by atoms with van der Waals surface area (Å²) in [6.07, 6.45) is 10.3. The van der Waals surface area contributed by atoms with Crippen molar-refractivity contribution in [1.29, 1.82) is 0 Å². The van der Waals surface area contributed by atoms with Crippen LogP contribution in [-0.4, -0.2) is 21.9 Å². The van der Waals surface area contributed by atoms with E-state index in [1.807, 2.05) is 29.4 Å². The second-order valence-electron chi connectivity index (χ2n) is 6.03. The van der Waals surface area contributed by atoms with Crippen LogP contribution >= 0.6 is 0 Å². The van der Waals surface area contributed by atoms with Gasteiger partial charge in [0.05, 0.1) is 11.4 Å². The van der Waals surface area contributed by atoms with E-state index in [2.05, 4.69) is 42.7 Å². The molecule has 0 spiro atoms. The predicted molar refractivity (Wildman–Crippen MR) is 85.6 cm³/mol. The van der Waals surface area contributed by atoms with E-state index in [1.165, 1.54) is 0 Å². The fraction of sp³-hybridized carbons (Fsp3) is 0.294. The van der Waals surface area contributed by atoms with Crippen molar-refractivity contribution >= 4 is 17.6 Å². The molecule has 0 atom stereocenters. The van der Waals surface area contributed by atoms with E-state index in [0.29, 0.717) is 0 Å². The molecule has 0 radical (unpaired) electrons. The van der Waals surface area contributed by atoms with Crippen LogP contribution < -0.4 is 0 Å². The Kier molecular flexibility index (Phi) is 3.32. The fourth-order valence-corrected chi connectivity index (χ4v) is 2.15. The van der Waals surface area contributed by atoms with Gasteiger partial charge in [-0.05, 0) is 24.3 Å². The molecule has 4 heteroatoms. The van der Waals surface area contributed by atoms with Crippen molar-refractivity contribution in [2.75, 3.05) is 0 Å². The zero-order valence-corrected chi connectivity index (χ0v) is 12.5. The van der Waals surface area contributed by atoms with Crippen LogP contribution in [0.3, 0.4) is 0 Å². The van der Waals surface area contributed by atoms with Crippen LogP contribution in [0.4, 0.5) is 0 Å². The van der Waals surface area contributed by atoms with Crippen molar-refractivity contribution in [2.24, 2.45) is 15.5 Å². The van der Waals surface area contributed by atoms with Gasteiger partial charge in [-0.15, -0.1) is 0 Å². The lowest BCUT2D eigenvalue weighted by molar-refractivity contribution is 0.507. The van der Waals surface area contributed by atoms with E-state index in [9.17, 15) is 0 Å². The summed E-state index contributed by atoms with van der Waals surface area (Å²) in [4.78, 5) is 8.81. The van der Waals surface area contributed by atoms with Crippen LogP contribution in [0.15, 0.2) is 58.3 Å². The quantitative estimate of drug-likeness (QED) is 0.736. The minimum atomic E-state index is -0.0327. The molecule has 0 bridgehead atoms. The largest absolute Gasteiger partial charge is 0.265 e. The summed E-state index contributed by atoms with van der Waals surface area (Å²) in [6.45, 7) is 6.48. The van der Waals surface area contributed by atoms with E-state index < -0.39 is 0 Å². The highest BCUT2D eigenvalue weighted by atomic mass is 15.5. The van der Waals surface area contributed by atoms with Gasteiger partial charge in [0.25, 0.3) is 0 Å². The molecule has 0 aromatic carbocycles. The van der Waals surface area contributed by atoms with E-state index in [1.54, 1.807) is 12.4 Å². The third-order valence-electron chi connectivity index (χ3n) is 3.32. The Morgan fingerprint density at radius 3 is 2.67 bits per heavy atom. The molecule has 0 unspecified atom stereocenters. The number of pyridine rings is 1. The Morgan fingerprint density at radius 2 is 1.95 bits per heavy atom. The monoisotopic (exact) mass is 278 g/mol. The van der Waals surface area contributed by atoms with E-state index in [4.69, 9.17) is 4.99 Å². The summed E-state index contributed by atoms with van der Waals surface area (Å²) in [7, 11) is 0. The van der Waals surface area contributed by atoms with Gasteiger partial charge in [0, 0.05) is 36.0 Å². The van der Waals surface area contributed by atoms with Crippen molar-refractivity contribution in [2.45, 2.75) is 27.2 Å². The minimum absolute atomic E-state index is 0.0327. The number of fused-ring (bicyclic) bond motifs is 1. The van der Waals surface area contributed by atoms with Gasteiger partial charge < -0.3 is 0 Å². The molecule has 2 aliphatic rings. The van der Waals surface area contributed by atoms with E-state index in [-0.39, 0.29) is 5.41 Å². The predicted octanol–water partition coefficient (Wildman–Crippen LogP) is 3.61. The minimum Gasteiger partial charge on any atom is -0.265 e. The number of rotatable bonds is 1. The van der Waals surface area contributed by atoms with Crippen molar-refractivity contribution in [3.8, 4) is 0 Å². The first-order chi connectivity index (χ1) is 10.1. The molecule has 0 saturated heterocycles. The second kappa shape index (κ2) is 5.15. The molecule has 0 fully saturated rings. The maximum absolute atomic E-state index is 4.72. The Hall–Kier alpha value is -2.45. The molecule has 106 valence electrons. The lowest BCUT2D eigenvalue weighted by atomic mass is 9.88. The topological polar surface area (TPSA) is 40.9 Å². The molecule has 1 aromatic rings. The van der Waals surface area contributed by atoms with Gasteiger partial charge in [-0.1, -0.05) is 26.5 Å². The highest BCUT2D eigenvalue weighted by Gasteiger charge is 2.27. The first-order valence-corrected chi connectivity index (χ1v) is 7.05. The van der Waals surface area contributed by atoms with Crippen LogP contribution in [0, 0.1) is 5.41 Å². The highest BCUT2D eigenvalue weighted by Crippen LogP contribution is 2.32. The summed E-state index contributed by atoms with van der Waals surface area (Å²) in [5.41, 5.74) is 6.30. The van der Waals surface area contributed by atoms with Gasteiger partial charge in [0.1, 0.15) is 0 Å². The lowest BCUT2D eigenvalue weighted by Gasteiger charge is -2.29. The standard InChI is InChI=1S/C17H18N4/c1-17(2,3)15-12-14(13-7-10-18-11-8-13)21-16(20-15)6-4-5-9-19-21/h4,7-12H,5H2,1-3H3. The third kappa shape index (κ3) is 2.71. The van der Waals surface area contributed by atoms with Gasteiger partial charge in [-0.3, -0.25) is 4.98 Å². The zero-order valence-electron chi connectivity index (χ0n) is 12.5. The Labute approximate surface area is 124 Å². The van der Waals surface area contributed by atoms with Crippen molar-refractivity contribution in [3.05, 3.63) is 53.8 Å². The SMILES string of the molecule is CC(C)(C)C1=NC2=C=CCC=NN2C(c2ccncc2)=C1. The smallest absolute Gasteiger partial charge is 0.198 e.